The lowest BCUT2D eigenvalue weighted by Crippen LogP contribution is -2.38. The van der Waals surface area contributed by atoms with Crippen molar-refractivity contribution in [1.29, 1.82) is 0 Å². The first kappa shape index (κ1) is 14.2. The summed E-state index contributed by atoms with van der Waals surface area (Å²) in [6.07, 6.45) is 5.10. The van der Waals surface area contributed by atoms with E-state index < -0.39 is 6.04 Å². The van der Waals surface area contributed by atoms with Crippen molar-refractivity contribution < 1.29 is 4.79 Å². The predicted molar refractivity (Wildman–Crippen MR) is 75.5 cm³/mol. The van der Waals surface area contributed by atoms with Gasteiger partial charge in [-0.3, -0.25) is 14.5 Å². The Morgan fingerprint density at radius 1 is 1.50 bits per heavy atom. The van der Waals surface area contributed by atoms with E-state index >= 15 is 0 Å². The highest BCUT2D eigenvalue weighted by molar-refractivity contribution is 5.82. The fraction of sp³-hybridized carbons (Fsp3) is 0.357. The van der Waals surface area contributed by atoms with E-state index in [4.69, 9.17) is 5.73 Å². The molecule has 0 fully saturated rings. The lowest BCUT2D eigenvalue weighted by Gasteiger charge is -2.23. The van der Waals surface area contributed by atoms with E-state index in [1.165, 1.54) is 0 Å². The molecular weight excluding hydrogens is 254 g/mol. The third-order valence-corrected chi connectivity index (χ3v) is 3.12. The molecule has 1 atom stereocenters. The van der Waals surface area contributed by atoms with Gasteiger partial charge in [0.2, 0.25) is 5.91 Å². The summed E-state index contributed by atoms with van der Waals surface area (Å²) in [5.74, 6) is -0.119. The molecule has 0 saturated heterocycles. The van der Waals surface area contributed by atoms with Crippen LogP contribution in [0.3, 0.4) is 0 Å². The second-order valence-corrected chi connectivity index (χ2v) is 4.60. The number of aryl methyl sites for hydroxylation is 1. The standard InChI is InChI=1S/C14H19N5O/c1-3-19(10-12-6-4-5-7-16-12)14(20)13(15)11-8-17-18(2)9-11/h4-9,13H,3,10,15H2,1-2H3. The van der Waals surface area contributed by atoms with Crippen LogP contribution in [0.15, 0.2) is 36.8 Å². The topological polar surface area (TPSA) is 77.0 Å². The van der Waals surface area contributed by atoms with Gasteiger partial charge in [0, 0.05) is 31.5 Å². The molecule has 1 amide bonds. The molecule has 2 heterocycles. The lowest BCUT2D eigenvalue weighted by molar-refractivity contribution is -0.133. The summed E-state index contributed by atoms with van der Waals surface area (Å²) in [4.78, 5) is 18.4. The molecule has 20 heavy (non-hydrogen) atoms. The number of amides is 1. The normalized spacial score (nSPS) is 12.2. The number of nitrogens with zero attached hydrogens (tertiary/aromatic N) is 4. The number of carbonyl (C=O) groups is 1. The highest BCUT2D eigenvalue weighted by Crippen LogP contribution is 2.13. The van der Waals surface area contributed by atoms with Crippen LogP contribution in [0.25, 0.3) is 0 Å². The van der Waals surface area contributed by atoms with Crippen molar-refractivity contribution in [3.05, 3.63) is 48.0 Å². The molecule has 6 heteroatoms. The zero-order valence-corrected chi connectivity index (χ0v) is 11.7. The van der Waals surface area contributed by atoms with Crippen molar-refractivity contribution in [3.63, 3.8) is 0 Å². The van der Waals surface area contributed by atoms with Gasteiger partial charge in [-0.05, 0) is 19.1 Å². The van der Waals surface area contributed by atoms with Gasteiger partial charge in [-0.2, -0.15) is 5.10 Å². The zero-order chi connectivity index (χ0) is 14.5. The van der Waals surface area contributed by atoms with E-state index in [-0.39, 0.29) is 5.91 Å². The van der Waals surface area contributed by atoms with Gasteiger partial charge >= 0.3 is 0 Å². The Kier molecular flexibility index (Phi) is 4.47. The number of pyridine rings is 1. The first-order chi connectivity index (χ1) is 9.61. The minimum Gasteiger partial charge on any atom is -0.335 e. The van der Waals surface area contributed by atoms with Crippen LogP contribution >= 0.6 is 0 Å². The van der Waals surface area contributed by atoms with Crippen molar-refractivity contribution >= 4 is 5.91 Å². The Morgan fingerprint density at radius 3 is 2.85 bits per heavy atom. The van der Waals surface area contributed by atoms with E-state index in [0.29, 0.717) is 13.1 Å². The summed E-state index contributed by atoms with van der Waals surface area (Å²) in [6.45, 7) is 2.98. The summed E-state index contributed by atoms with van der Waals surface area (Å²) in [5.41, 5.74) is 7.58. The second kappa shape index (κ2) is 6.29. The molecule has 0 aliphatic heterocycles. The molecule has 0 aromatic carbocycles. The summed E-state index contributed by atoms with van der Waals surface area (Å²) in [6, 6.07) is 4.96. The van der Waals surface area contributed by atoms with Crippen LogP contribution in [0.1, 0.15) is 24.2 Å². The molecule has 0 bridgehead atoms. The van der Waals surface area contributed by atoms with Crippen LogP contribution in [-0.2, 0) is 18.4 Å². The van der Waals surface area contributed by atoms with E-state index in [2.05, 4.69) is 10.1 Å². The van der Waals surface area contributed by atoms with Gasteiger partial charge in [-0.1, -0.05) is 6.07 Å². The predicted octanol–water partition coefficient (Wildman–Crippen LogP) is 0.864. The number of hydrogen-bond acceptors (Lipinski definition) is 4. The van der Waals surface area contributed by atoms with Gasteiger partial charge in [0.1, 0.15) is 6.04 Å². The van der Waals surface area contributed by atoms with Gasteiger partial charge < -0.3 is 10.6 Å². The van der Waals surface area contributed by atoms with Crippen LogP contribution in [0.2, 0.25) is 0 Å². The molecule has 0 aliphatic rings. The van der Waals surface area contributed by atoms with E-state index in [1.807, 2.05) is 25.1 Å². The summed E-state index contributed by atoms with van der Waals surface area (Å²) < 4.78 is 1.64. The first-order valence-corrected chi connectivity index (χ1v) is 6.54. The molecule has 106 valence electrons. The largest absolute Gasteiger partial charge is 0.335 e. The highest BCUT2D eigenvalue weighted by Gasteiger charge is 2.22. The molecule has 2 aromatic rings. The van der Waals surface area contributed by atoms with E-state index in [1.54, 1.807) is 35.2 Å². The number of aromatic nitrogens is 3. The van der Waals surface area contributed by atoms with Crippen molar-refractivity contribution in [2.75, 3.05) is 6.54 Å². The minimum atomic E-state index is -0.688. The van der Waals surface area contributed by atoms with Crippen LogP contribution in [0, 0.1) is 0 Å². The van der Waals surface area contributed by atoms with Crippen molar-refractivity contribution in [3.8, 4) is 0 Å². The molecule has 1 unspecified atom stereocenters. The second-order valence-electron chi connectivity index (χ2n) is 4.60. The van der Waals surface area contributed by atoms with Crippen molar-refractivity contribution in [1.82, 2.24) is 19.7 Å². The Bertz CT molecular complexity index is 566. The first-order valence-electron chi connectivity index (χ1n) is 6.54. The van der Waals surface area contributed by atoms with Crippen LogP contribution in [-0.4, -0.2) is 32.1 Å². The molecular formula is C14H19N5O. The maximum atomic E-state index is 12.4. The summed E-state index contributed by atoms with van der Waals surface area (Å²) in [5, 5.41) is 4.04. The molecule has 2 rings (SSSR count). The third kappa shape index (κ3) is 3.21. The molecule has 6 nitrogen and oxygen atoms in total. The molecule has 2 N–H and O–H groups in total. The molecule has 0 aliphatic carbocycles. The fourth-order valence-electron chi connectivity index (χ4n) is 1.97. The van der Waals surface area contributed by atoms with Crippen LogP contribution < -0.4 is 5.73 Å². The summed E-state index contributed by atoms with van der Waals surface area (Å²) in [7, 11) is 1.80. The average molecular weight is 273 g/mol. The average Bonchev–Trinajstić information content (AvgIpc) is 2.91. The Morgan fingerprint density at radius 2 is 2.30 bits per heavy atom. The Labute approximate surface area is 118 Å². The molecule has 2 aromatic heterocycles. The maximum absolute atomic E-state index is 12.4. The number of rotatable bonds is 5. The molecule has 0 saturated carbocycles. The van der Waals surface area contributed by atoms with E-state index in [9.17, 15) is 4.79 Å². The number of carbonyl (C=O) groups excluding carboxylic acids is 1. The third-order valence-electron chi connectivity index (χ3n) is 3.12. The van der Waals surface area contributed by atoms with Crippen LogP contribution in [0.5, 0.6) is 0 Å². The maximum Gasteiger partial charge on any atom is 0.244 e. The van der Waals surface area contributed by atoms with Crippen molar-refractivity contribution in [2.24, 2.45) is 12.8 Å². The molecule has 0 spiro atoms. The smallest absolute Gasteiger partial charge is 0.244 e. The Balaban J connectivity index is 2.09. The van der Waals surface area contributed by atoms with Gasteiger partial charge in [0.25, 0.3) is 0 Å². The van der Waals surface area contributed by atoms with Crippen LogP contribution in [0.4, 0.5) is 0 Å². The van der Waals surface area contributed by atoms with Gasteiger partial charge in [-0.15, -0.1) is 0 Å². The zero-order valence-electron chi connectivity index (χ0n) is 11.7. The van der Waals surface area contributed by atoms with Gasteiger partial charge in [-0.25, -0.2) is 0 Å². The quantitative estimate of drug-likeness (QED) is 0.876. The van der Waals surface area contributed by atoms with Crippen molar-refractivity contribution in [2.45, 2.75) is 19.5 Å². The number of nitrogens with two attached hydrogens (primary N) is 1. The minimum absolute atomic E-state index is 0.119. The van der Waals surface area contributed by atoms with E-state index in [0.717, 1.165) is 11.3 Å². The lowest BCUT2D eigenvalue weighted by atomic mass is 10.1. The fourth-order valence-corrected chi connectivity index (χ4v) is 1.97. The Hall–Kier alpha value is -2.21. The molecule has 0 radical (unpaired) electrons. The number of hydrogen-bond donors (Lipinski definition) is 1. The highest BCUT2D eigenvalue weighted by atomic mass is 16.2. The summed E-state index contributed by atoms with van der Waals surface area (Å²) >= 11 is 0. The van der Waals surface area contributed by atoms with Gasteiger partial charge in [0.15, 0.2) is 0 Å². The monoisotopic (exact) mass is 273 g/mol. The SMILES string of the molecule is CCN(Cc1ccccn1)C(=O)C(N)c1cnn(C)c1. The van der Waals surface area contributed by atoms with Gasteiger partial charge in [0.05, 0.1) is 18.4 Å². The number of likely N-dealkylation sites (N-methyl/N-ethyl adjacent to an activating group) is 1.